The van der Waals surface area contributed by atoms with E-state index < -0.39 is 0 Å². The molecule has 0 bridgehead atoms. The first-order valence-corrected chi connectivity index (χ1v) is 10.8. The first-order valence-electron chi connectivity index (χ1n) is 10.8. The van der Waals surface area contributed by atoms with Crippen molar-refractivity contribution in [1.29, 1.82) is 0 Å². The molecule has 0 aliphatic carbocycles. The maximum absolute atomic E-state index is 5.56. The number of benzene rings is 1. The topological polar surface area (TPSA) is 67.4 Å². The van der Waals surface area contributed by atoms with Gasteiger partial charge in [-0.3, -0.25) is 0 Å². The second-order valence-corrected chi connectivity index (χ2v) is 7.22. The van der Waals surface area contributed by atoms with E-state index in [1.54, 1.807) is 21.3 Å². The highest BCUT2D eigenvalue weighted by atomic mass is 16.5. The molecule has 0 radical (unpaired) electrons. The average molecular weight is 407 g/mol. The number of ether oxygens (including phenoxy) is 3. The third kappa shape index (κ3) is 7.31. The molecule has 2 rings (SSSR count). The lowest BCUT2D eigenvalue weighted by Crippen LogP contribution is -2.39. The van der Waals surface area contributed by atoms with Crippen molar-refractivity contribution in [3.05, 3.63) is 17.7 Å². The van der Waals surface area contributed by atoms with Gasteiger partial charge in [-0.15, -0.1) is 0 Å². The number of methoxy groups -OCH3 is 3. The van der Waals surface area contributed by atoms with E-state index in [2.05, 4.69) is 22.5 Å². The molecule has 164 valence electrons. The summed E-state index contributed by atoms with van der Waals surface area (Å²) in [5.41, 5.74) is 0.951. The molecule has 0 amide bonds. The molecule has 2 N–H and O–H groups in total. The Bertz CT molecular complexity index is 629. The minimum absolute atomic E-state index is 0.491. The SMILES string of the molecule is CCNC(=NCc1ccc(OC)c(OC)c1OC)NCCCN1CCCCCC1. The van der Waals surface area contributed by atoms with Crippen LogP contribution in [0.3, 0.4) is 0 Å². The van der Waals surface area contributed by atoms with Gasteiger partial charge in [0.2, 0.25) is 5.75 Å². The van der Waals surface area contributed by atoms with E-state index in [0.717, 1.165) is 37.6 Å². The van der Waals surface area contributed by atoms with E-state index in [9.17, 15) is 0 Å². The highest BCUT2D eigenvalue weighted by Gasteiger charge is 2.15. The Morgan fingerprint density at radius 1 is 0.966 bits per heavy atom. The van der Waals surface area contributed by atoms with Crippen molar-refractivity contribution in [2.45, 2.75) is 45.6 Å². The van der Waals surface area contributed by atoms with E-state index in [1.165, 1.54) is 38.8 Å². The molecule has 1 aromatic rings. The van der Waals surface area contributed by atoms with Crippen molar-refractivity contribution in [1.82, 2.24) is 15.5 Å². The summed E-state index contributed by atoms with van der Waals surface area (Å²) in [6, 6.07) is 3.85. The van der Waals surface area contributed by atoms with E-state index in [1.807, 2.05) is 12.1 Å². The van der Waals surface area contributed by atoms with Crippen molar-refractivity contribution < 1.29 is 14.2 Å². The van der Waals surface area contributed by atoms with E-state index in [4.69, 9.17) is 19.2 Å². The van der Waals surface area contributed by atoms with Crippen LogP contribution in [0.25, 0.3) is 0 Å². The number of hydrogen-bond donors (Lipinski definition) is 2. The number of likely N-dealkylation sites (tertiary alicyclic amines) is 1. The Morgan fingerprint density at radius 2 is 1.69 bits per heavy atom. The van der Waals surface area contributed by atoms with Crippen LogP contribution in [0, 0.1) is 0 Å². The average Bonchev–Trinajstić information content (AvgIpc) is 3.02. The van der Waals surface area contributed by atoms with Gasteiger partial charge in [-0.1, -0.05) is 12.8 Å². The largest absolute Gasteiger partial charge is 0.493 e. The summed E-state index contributed by atoms with van der Waals surface area (Å²) in [6.07, 6.45) is 6.55. The second-order valence-electron chi connectivity index (χ2n) is 7.22. The monoisotopic (exact) mass is 406 g/mol. The zero-order valence-electron chi connectivity index (χ0n) is 18.6. The molecular weight excluding hydrogens is 368 g/mol. The fourth-order valence-corrected chi connectivity index (χ4v) is 3.66. The summed E-state index contributed by atoms with van der Waals surface area (Å²) in [4.78, 5) is 7.32. The summed E-state index contributed by atoms with van der Waals surface area (Å²) in [5.74, 6) is 2.72. The third-order valence-electron chi connectivity index (χ3n) is 5.18. The minimum atomic E-state index is 0.491. The number of rotatable bonds is 10. The number of nitrogens with zero attached hydrogens (tertiary/aromatic N) is 2. The van der Waals surface area contributed by atoms with E-state index >= 15 is 0 Å². The molecule has 0 spiro atoms. The van der Waals surface area contributed by atoms with Gasteiger partial charge in [-0.25, -0.2) is 4.99 Å². The molecule has 7 heteroatoms. The predicted molar refractivity (Wildman–Crippen MR) is 118 cm³/mol. The van der Waals surface area contributed by atoms with Gasteiger partial charge >= 0.3 is 0 Å². The maximum atomic E-state index is 5.56. The standard InChI is InChI=1S/C22H38N4O3/c1-5-23-22(24-13-10-16-26-14-8-6-7-9-15-26)25-17-18-11-12-19(27-2)21(29-4)20(18)28-3/h11-12H,5-10,13-17H2,1-4H3,(H2,23,24,25). The second kappa shape index (κ2) is 13.1. The van der Waals surface area contributed by atoms with Crippen molar-refractivity contribution in [3.63, 3.8) is 0 Å². The van der Waals surface area contributed by atoms with Crippen LogP contribution < -0.4 is 24.8 Å². The lowest BCUT2D eigenvalue weighted by molar-refractivity contribution is 0.282. The number of hydrogen-bond acceptors (Lipinski definition) is 5. The fourth-order valence-electron chi connectivity index (χ4n) is 3.66. The predicted octanol–water partition coefficient (Wildman–Crippen LogP) is 3.03. The van der Waals surface area contributed by atoms with Crippen molar-refractivity contribution in [2.75, 3.05) is 54.1 Å². The van der Waals surface area contributed by atoms with Gasteiger partial charge in [-0.2, -0.15) is 0 Å². The fraction of sp³-hybridized carbons (Fsp3) is 0.682. The Morgan fingerprint density at radius 3 is 2.31 bits per heavy atom. The van der Waals surface area contributed by atoms with Gasteiger partial charge in [0.05, 0.1) is 27.9 Å². The Balaban J connectivity index is 1.92. The van der Waals surface area contributed by atoms with E-state index in [-0.39, 0.29) is 0 Å². The summed E-state index contributed by atoms with van der Waals surface area (Å²) in [5, 5.41) is 6.77. The molecule has 0 aromatic heterocycles. The molecule has 0 saturated carbocycles. The molecule has 1 heterocycles. The van der Waals surface area contributed by atoms with Crippen molar-refractivity contribution >= 4 is 5.96 Å². The zero-order chi connectivity index (χ0) is 20.9. The molecule has 1 saturated heterocycles. The molecule has 0 unspecified atom stereocenters. The lowest BCUT2D eigenvalue weighted by atomic mass is 10.1. The Kier molecular flexibility index (Phi) is 10.5. The Hall–Kier alpha value is -2.15. The molecule has 1 fully saturated rings. The highest BCUT2D eigenvalue weighted by molar-refractivity contribution is 5.79. The van der Waals surface area contributed by atoms with Crippen LogP contribution in [-0.2, 0) is 6.54 Å². The normalized spacial score (nSPS) is 15.5. The molecule has 29 heavy (non-hydrogen) atoms. The number of nitrogens with one attached hydrogen (secondary N) is 2. The molecule has 1 aromatic carbocycles. The van der Waals surface area contributed by atoms with Crippen LogP contribution >= 0.6 is 0 Å². The van der Waals surface area contributed by atoms with Crippen LogP contribution in [-0.4, -0.2) is 64.9 Å². The first-order chi connectivity index (χ1) is 14.2. The van der Waals surface area contributed by atoms with Crippen molar-refractivity contribution in [2.24, 2.45) is 4.99 Å². The smallest absolute Gasteiger partial charge is 0.203 e. The quantitative estimate of drug-likeness (QED) is 0.354. The minimum Gasteiger partial charge on any atom is -0.493 e. The third-order valence-corrected chi connectivity index (χ3v) is 5.18. The van der Waals surface area contributed by atoms with Gasteiger partial charge in [0.15, 0.2) is 17.5 Å². The number of aliphatic imine (C=N–C) groups is 1. The van der Waals surface area contributed by atoms with Gasteiger partial charge in [0.1, 0.15) is 0 Å². The van der Waals surface area contributed by atoms with Crippen LogP contribution in [0.15, 0.2) is 17.1 Å². The molecule has 7 nitrogen and oxygen atoms in total. The van der Waals surface area contributed by atoms with Gasteiger partial charge in [-0.05, 0) is 58.0 Å². The van der Waals surface area contributed by atoms with Crippen LogP contribution in [0.1, 0.15) is 44.6 Å². The lowest BCUT2D eigenvalue weighted by Gasteiger charge is -2.20. The first kappa shape index (κ1) is 23.1. The Labute approximate surface area is 175 Å². The molecule has 1 aliphatic rings. The molecular formula is C22H38N4O3. The summed E-state index contributed by atoms with van der Waals surface area (Å²) in [7, 11) is 4.87. The summed E-state index contributed by atoms with van der Waals surface area (Å²) >= 11 is 0. The molecule has 1 aliphatic heterocycles. The maximum Gasteiger partial charge on any atom is 0.203 e. The summed E-state index contributed by atoms with van der Waals surface area (Å²) < 4.78 is 16.4. The number of guanidine groups is 1. The summed E-state index contributed by atoms with van der Waals surface area (Å²) in [6.45, 7) is 7.93. The van der Waals surface area contributed by atoms with Crippen molar-refractivity contribution in [3.8, 4) is 17.2 Å². The zero-order valence-corrected chi connectivity index (χ0v) is 18.6. The van der Waals surface area contributed by atoms with Gasteiger partial charge in [0.25, 0.3) is 0 Å². The van der Waals surface area contributed by atoms with E-state index in [0.29, 0.717) is 23.8 Å². The highest BCUT2D eigenvalue weighted by Crippen LogP contribution is 2.39. The van der Waals surface area contributed by atoms with Gasteiger partial charge in [0, 0.05) is 18.7 Å². The van der Waals surface area contributed by atoms with Gasteiger partial charge < -0.3 is 29.7 Å². The van der Waals surface area contributed by atoms with Crippen LogP contribution in [0.2, 0.25) is 0 Å². The van der Waals surface area contributed by atoms with Crippen LogP contribution in [0.4, 0.5) is 0 Å². The van der Waals surface area contributed by atoms with Crippen LogP contribution in [0.5, 0.6) is 17.2 Å². The molecule has 0 atom stereocenters.